The van der Waals surface area contributed by atoms with Crippen LogP contribution in [0.2, 0.25) is 0 Å². The van der Waals surface area contributed by atoms with Gasteiger partial charge in [-0.15, -0.1) is 0 Å². The highest BCUT2D eigenvalue weighted by molar-refractivity contribution is 9.10. The molecule has 0 aromatic heterocycles. The minimum Gasteiger partial charge on any atom is -0.394 e. The molecule has 0 bridgehead atoms. The maximum Gasteiger partial charge on any atom is 0.322 e. The summed E-state index contributed by atoms with van der Waals surface area (Å²) in [4.78, 5) is 23.5. The summed E-state index contributed by atoms with van der Waals surface area (Å²) in [5.41, 5.74) is 0.688. The summed E-state index contributed by atoms with van der Waals surface area (Å²) < 4.78 is 0.913. The first-order valence-corrected chi connectivity index (χ1v) is 5.73. The third-order valence-electron chi connectivity index (χ3n) is 2.19. The zero-order valence-corrected chi connectivity index (χ0v) is 10.8. The molecule has 2 N–H and O–H groups in total. The van der Waals surface area contributed by atoms with E-state index in [4.69, 9.17) is 5.11 Å². The molecule has 92 valence electrons. The normalized spacial score (nSPS) is 11.7. The molecule has 2 amide bonds. The molecule has 0 aliphatic rings. The smallest absolute Gasteiger partial charge is 0.322 e. The molecule has 17 heavy (non-hydrogen) atoms. The number of hydrogen-bond donors (Lipinski definition) is 2. The number of carbonyl (C=O) groups excluding carboxylic acids is 2. The van der Waals surface area contributed by atoms with E-state index in [0.29, 0.717) is 12.0 Å². The molecule has 0 aliphatic carbocycles. The Hall–Kier alpha value is -1.40. The number of rotatable bonds is 4. The van der Waals surface area contributed by atoms with E-state index in [2.05, 4.69) is 21.2 Å². The highest BCUT2D eigenvalue weighted by atomic mass is 79.9. The number of benzene rings is 1. The molecule has 6 heteroatoms. The zero-order chi connectivity index (χ0) is 12.8. The quantitative estimate of drug-likeness (QED) is 0.820. The second kappa shape index (κ2) is 6.36. The largest absolute Gasteiger partial charge is 0.394 e. The molecule has 1 aromatic carbocycles. The summed E-state index contributed by atoms with van der Waals surface area (Å²) in [6.45, 7) is -0.413. The van der Waals surface area contributed by atoms with E-state index in [-0.39, 0.29) is 0 Å². The van der Waals surface area contributed by atoms with Gasteiger partial charge in [0.1, 0.15) is 12.3 Å². The topological polar surface area (TPSA) is 69.6 Å². The number of aldehydes is 1. The van der Waals surface area contributed by atoms with E-state index >= 15 is 0 Å². The molecule has 5 nitrogen and oxygen atoms in total. The van der Waals surface area contributed by atoms with Crippen molar-refractivity contribution in [3.8, 4) is 0 Å². The fraction of sp³-hybridized carbons (Fsp3) is 0.273. The maximum atomic E-state index is 11.7. The van der Waals surface area contributed by atoms with Crippen LogP contribution in [0, 0.1) is 0 Å². The molecule has 0 aliphatic heterocycles. The Kier molecular flexibility index (Phi) is 5.11. The summed E-state index contributed by atoms with van der Waals surface area (Å²) in [6.07, 6.45) is 0.493. The lowest BCUT2D eigenvalue weighted by atomic mass is 10.3. The molecular formula is C11H13BrN2O3. The van der Waals surface area contributed by atoms with E-state index in [9.17, 15) is 9.59 Å². The summed E-state index contributed by atoms with van der Waals surface area (Å²) in [5.74, 6) is 0. The first-order valence-electron chi connectivity index (χ1n) is 4.94. The fourth-order valence-corrected chi connectivity index (χ4v) is 1.42. The van der Waals surface area contributed by atoms with Crippen LogP contribution < -0.4 is 10.2 Å². The van der Waals surface area contributed by atoms with Crippen molar-refractivity contribution in [2.75, 3.05) is 18.6 Å². The molecule has 1 aromatic rings. The Morgan fingerprint density at radius 3 is 2.59 bits per heavy atom. The van der Waals surface area contributed by atoms with Crippen molar-refractivity contribution in [2.24, 2.45) is 0 Å². The van der Waals surface area contributed by atoms with Crippen LogP contribution in [-0.4, -0.2) is 37.1 Å². The number of nitrogens with one attached hydrogen (secondary N) is 1. The monoisotopic (exact) mass is 300 g/mol. The van der Waals surface area contributed by atoms with Crippen LogP contribution in [0.4, 0.5) is 10.5 Å². The van der Waals surface area contributed by atoms with Gasteiger partial charge in [-0.3, -0.25) is 4.90 Å². The predicted molar refractivity (Wildman–Crippen MR) is 68.0 cm³/mol. The van der Waals surface area contributed by atoms with Gasteiger partial charge in [-0.05, 0) is 24.3 Å². The van der Waals surface area contributed by atoms with E-state index in [1.807, 2.05) is 12.1 Å². The van der Waals surface area contributed by atoms with Gasteiger partial charge in [-0.25, -0.2) is 4.79 Å². The van der Waals surface area contributed by atoms with Gasteiger partial charge in [-0.2, -0.15) is 0 Å². The second-order valence-corrected chi connectivity index (χ2v) is 4.33. The number of halogens is 1. The van der Waals surface area contributed by atoms with Crippen molar-refractivity contribution in [2.45, 2.75) is 6.04 Å². The molecule has 1 unspecified atom stereocenters. The fourth-order valence-electron chi connectivity index (χ4n) is 1.16. The number of anilines is 1. The second-order valence-electron chi connectivity index (χ2n) is 3.41. The first-order chi connectivity index (χ1) is 8.08. The maximum absolute atomic E-state index is 11.7. The van der Waals surface area contributed by atoms with Crippen LogP contribution in [0.25, 0.3) is 0 Å². The number of hydrogen-bond acceptors (Lipinski definition) is 3. The van der Waals surface area contributed by atoms with Crippen LogP contribution in [0.1, 0.15) is 0 Å². The average Bonchev–Trinajstić information content (AvgIpc) is 2.35. The minimum atomic E-state index is -0.875. The number of aliphatic hydroxyl groups excluding tert-OH is 1. The van der Waals surface area contributed by atoms with Gasteiger partial charge in [0.05, 0.1) is 6.61 Å². The van der Waals surface area contributed by atoms with Crippen molar-refractivity contribution < 1.29 is 14.7 Å². The zero-order valence-electron chi connectivity index (χ0n) is 9.26. The summed E-state index contributed by atoms with van der Waals surface area (Å²) >= 11 is 3.30. The van der Waals surface area contributed by atoms with Gasteiger partial charge in [0, 0.05) is 17.2 Å². The van der Waals surface area contributed by atoms with Crippen molar-refractivity contribution in [1.29, 1.82) is 0 Å². The van der Waals surface area contributed by atoms with Crippen LogP contribution >= 0.6 is 15.9 Å². The van der Waals surface area contributed by atoms with Gasteiger partial charge in [-0.1, -0.05) is 15.9 Å². The number of carbonyl (C=O) groups is 2. The third kappa shape index (κ3) is 3.83. The lowest BCUT2D eigenvalue weighted by Gasteiger charge is -2.20. The SMILES string of the molecule is CN(C(=O)NC(C=O)CO)c1ccc(Br)cc1. The average molecular weight is 301 g/mol. The van der Waals surface area contributed by atoms with Gasteiger partial charge >= 0.3 is 6.03 Å². The number of urea groups is 1. The van der Waals surface area contributed by atoms with Gasteiger partial charge in [0.15, 0.2) is 0 Å². The Balaban J connectivity index is 2.69. The van der Waals surface area contributed by atoms with Gasteiger partial charge in [0.2, 0.25) is 0 Å². The highest BCUT2D eigenvalue weighted by Gasteiger charge is 2.14. The van der Waals surface area contributed by atoms with Crippen LogP contribution in [-0.2, 0) is 4.79 Å². The molecule has 1 atom stereocenters. The Morgan fingerprint density at radius 1 is 1.53 bits per heavy atom. The van der Waals surface area contributed by atoms with Crippen LogP contribution in [0.15, 0.2) is 28.7 Å². The van der Waals surface area contributed by atoms with E-state index in [1.54, 1.807) is 19.2 Å². The predicted octanol–water partition coefficient (Wildman–Crippen LogP) is 1.15. The van der Waals surface area contributed by atoms with E-state index in [0.717, 1.165) is 4.47 Å². The number of nitrogens with zero attached hydrogens (tertiary/aromatic N) is 1. The van der Waals surface area contributed by atoms with E-state index < -0.39 is 18.7 Å². The standard InChI is InChI=1S/C11H13BrN2O3/c1-14(10-4-2-8(12)3-5-10)11(17)13-9(6-15)7-16/h2-6,9,16H,7H2,1H3,(H,13,17). The van der Waals surface area contributed by atoms with Crippen molar-refractivity contribution in [1.82, 2.24) is 5.32 Å². The van der Waals surface area contributed by atoms with Crippen molar-refractivity contribution in [3.05, 3.63) is 28.7 Å². The first kappa shape index (κ1) is 13.7. The number of amides is 2. The third-order valence-corrected chi connectivity index (χ3v) is 2.72. The lowest BCUT2D eigenvalue weighted by molar-refractivity contribution is -0.110. The molecule has 0 fully saturated rings. The lowest BCUT2D eigenvalue weighted by Crippen LogP contribution is -2.45. The van der Waals surface area contributed by atoms with Crippen LogP contribution in [0.3, 0.4) is 0 Å². The summed E-state index contributed by atoms with van der Waals surface area (Å²) in [7, 11) is 1.58. The molecule has 0 heterocycles. The number of aliphatic hydroxyl groups is 1. The Labute approximate surface area is 108 Å². The Bertz CT molecular complexity index is 394. The van der Waals surface area contributed by atoms with Crippen molar-refractivity contribution in [3.63, 3.8) is 0 Å². The van der Waals surface area contributed by atoms with E-state index in [1.165, 1.54) is 4.90 Å². The molecule has 1 rings (SSSR count). The van der Waals surface area contributed by atoms with Gasteiger partial charge in [0.25, 0.3) is 0 Å². The van der Waals surface area contributed by atoms with Gasteiger partial charge < -0.3 is 15.2 Å². The van der Waals surface area contributed by atoms with Crippen LogP contribution in [0.5, 0.6) is 0 Å². The molecule has 0 radical (unpaired) electrons. The Morgan fingerprint density at radius 2 is 2.12 bits per heavy atom. The molecule has 0 saturated carbocycles. The minimum absolute atomic E-state index is 0.413. The summed E-state index contributed by atoms with van der Waals surface area (Å²) in [6, 6.07) is 5.82. The molecule has 0 saturated heterocycles. The molecular weight excluding hydrogens is 288 g/mol. The summed E-state index contributed by atoms with van der Waals surface area (Å²) in [5, 5.41) is 11.2. The van der Waals surface area contributed by atoms with Crippen molar-refractivity contribution >= 4 is 33.9 Å². The molecule has 0 spiro atoms. The highest BCUT2D eigenvalue weighted by Crippen LogP contribution is 2.17.